The van der Waals surface area contributed by atoms with Gasteiger partial charge in [0.15, 0.2) is 16.6 Å². The average Bonchev–Trinajstić information content (AvgIpc) is 3.18. The Morgan fingerprint density at radius 1 is 0.900 bits per heavy atom. The molecule has 0 aromatic carbocycles. The second-order valence-electron chi connectivity index (χ2n) is 14.2. The van der Waals surface area contributed by atoms with Gasteiger partial charge in [-0.05, 0) is 78.7 Å². The van der Waals surface area contributed by atoms with E-state index >= 15 is 0 Å². The lowest BCUT2D eigenvalue weighted by atomic mass is 9.59. The molecule has 6 atom stereocenters. The van der Waals surface area contributed by atoms with Gasteiger partial charge in [0, 0.05) is 18.6 Å². The lowest BCUT2D eigenvalue weighted by molar-refractivity contribution is -0.103. The van der Waals surface area contributed by atoms with Gasteiger partial charge in [-0.15, -0.1) is 0 Å². The van der Waals surface area contributed by atoms with Gasteiger partial charge in [0.05, 0.1) is 6.10 Å². The molecule has 0 spiro atoms. The van der Waals surface area contributed by atoms with E-state index in [1.165, 1.54) is 19.3 Å². The standard InChI is InChI=1S/C25H50O3Si2/c1-22(2,3)29(8,9)27-16-20-18-13-12-14-24(18,7)21(26)19-15-25(19,20)17-28-30(10,11)23(4,5)6/h18-21,26H,12-17H2,1-11H3/t18-,19+,20+,21+,24-,25-/m1/s1. The van der Waals surface area contributed by atoms with Crippen LogP contribution in [0.3, 0.4) is 0 Å². The SMILES string of the molecule is CC(C)(C)[Si](C)(C)OC[C@H]1[C@H]2CCC[C@@]2(C)[C@@H](O)[C@@H]2C[C@]12CO[Si](C)(C)C(C)(C)C. The van der Waals surface area contributed by atoms with E-state index in [4.69, 9.17) is 8.85 Å². The smallest absolute Gasteiger partial charge is 0.192 e. The normalized spacial score (nSPS) is 39.6. The Kier molecular flexibility index (Phi) is 6.16. The van der Waals surface area contributed by atoms with Gasteiger partial charge in [0.2, 0.25) is 0 Å². The monoisotopic (exact) mass is 454 g/mol. The molecule has 3 fully saturated rings. The molecule has 0 amide bonds. The third-order valence-corrected chi connectivity index (χ3v) is 19.5. The Bertz CT molecular complexity index is 648. The molecule has 0 saturated heterocycles. The van der Waals surface area contributed by atoms with Crippen molar-refractivity contribution in [1.29, 1.82) is 0 Å². The Morgan fingerprint density at radius 2 is 1.43 bits per heavy atom. The number of fused-ring (bicyclic) bond motifs is 2. The van der Waals surface area contributed by atoms with Crippen molar-refractivity contribution >= 4 is 16.6 Å². The summed E-state index contributed by atoms with van der Waals surface area (Å²) in [5.41, 5.74) is 0.203. The summed E-state index contributed by atoms with van der Waals surface area (Å²) in [4.78, 5) is 0. The van der Waals surface area contributed by atoms with Gasteiger partial charge in [-0.25, -0.2) is 0 Å². The number of aliphatic hydroxyl groups is 1. The van der Waals surface area contributed by atoms with E-state index in [1.807, 2.05) is 0 Å². The quantitative estimate of drug-likeness (QED) is 0.447. The van der Waals surface area contributed by atoms with Gasteiger partial charge in [0.25, 0.3) is 0 Å². The summed E-state index contributed by atoms with van der Waals surface area (Å²) in [5, 5.41) is 11.9. The Balaban J connectivity index is 1.86. The molecule has 0 radical (unpaired) electrons. The molecule has 3 nitrogen and oxygen atoms in total. The minimum atomic E-state index is -1.82. The summed E-state index contributed by atoms with van der Waals surface area (Å²) in [5.74, 6) is 1.49. The molecule has 0 bridgehead atoms. The van der Waals surface area contributed by atoms with Gasteiger partial charge in [0.1, 0.15) is 0 Å². The second-order valence-corrected chi connectivity index (χ2v) is 23.8. The Labute approximate surface area is 189 Å². The summed E-state index contributed by atoms with van der Waals surface area (Å²) >= 11 is 0. The summed E-state index contributed by atoms with van der Waals surface area (Å²) < 4.78 is 13.7. The fourth-order valence-electron chi connectivity index (χ4n) is 5.91. The van der Waals surface area contributed by atoms with E-state index in [0.29, 0.717) is 17.8 Å². The van der Waals surface area contributed by atoms with E-state index in [1.54, 1.807) is 0 Å². The number of rotatable bonds is 6. The Hall–Kier alpha value is 0.314. The molecule has 176 valence electrons. The second kappa shape index (κ2) is 7.41. The van der Waals surface area contributed by atoms with Crippen molar-refractivity contribution in [3.63, 3.8) is 0 Å². The fraction of sp³-hybridized carbons (Fsp3) is 1.00. The van der Waals surface area contributed by atoms with Crippen LogP contribution in [0.1, 0.15) is 74.1 Å². The highest BCUT2D eigenvalue weighted by molar-refractivity contribution is 6.74. The predicted octanol–water partition coefficient (Wildman–Crippen LogP) is 6.83. The van der Waals surface area contributed by atoms with Gasteiger partial charge < -0.3 is 14.0 Å². The highest BCUT2D eigenvalue weighted by Gasteiger charge is 2.72. The predicted molar refractivity (Wildman–Crippen MR) is 132 cm³/mol. The number of hydrogen-bond donors (Lipinski definition) is 1. The molecule has 3 rings (SSSR count). The first-order valence-electron chi connectivity index (χ1n) is 12.4. The van der Waals surface area contributed by atoms with Gasteiger partial charge in [-0.1, -0.05) is 54.9 Å². The maximum Gasteiger partial charge on any atom is 0.192 e. The van der Waals surface area contributed by atoms with Gasteiger partial charge in [-0.2, -0.15) is 0 Å². The molecule has 3 aliphatic rings. The molecule has 30 heavy (non-hydrogen) atoms. The van der Waals surface area contributed by atoms with Crippen molar-refractivity contribution in [2.45, 2.75) is 117 Å². The van der Waals surface area contributed by atoms with E-state index in [-0.39, 0.29) is 27.0 Å². The maximum absolute atomic E-state index is 11.4. The third kappa shape index (κ3) is 3.93. The molecule has 0 aromatic rings. The Morgan fingerprint density at radius 3 is 1.97 bits per heavy atom. The van der Waals surface area contributed by atoms with Crippen LogP contribution in [0.15, 0.2) is 0 Å². The lowest BCUT2D eigenvalue weighted by Gasteiger charge is -2.51. The van der Waals surface area contributed by atoms with Crippen molar-refractivity contribution in [1.82, 2.24) is 0 Å². The number of aliphatic hydroxyl groups excluding tert-OH is 1. The van der Waals surface area contributed by atoms with E-state index < -0.39 is 16.6 Å². The molecule has 3 aliphatic carbocycles. The van der Waals surface area contributed by atoms with Crippen LogP contribution in [-0.4, -0.2) is 41.1 Å². The van der Waals surface area contributed by atoms with Crippen LogP contribution in [0.4, 0.5) is 0 Å². The first kappa shape index (κ1) is 24.9. The van der Waals surface area contributed by atoms with E-state index in [0.717, 1.165) is 19.6 Å². The van der Waals surface area contributed by atoms with Crippen LogP contribution in [0, 0.1) is 28.6 Å². The van der Waals surface area contributed by atoms with Crippen LogP contribution in [0.25, 0.3) is 0 Å². The minimum absolute atomic E-state index is 0.0725. The minimum Gasteiger partial charge on any atom is -0.417 e. The summed E-state index contributed by atoms with van der Waals surface area (Å²) in [7, 11) is -3.62. The van der Waals surface area contributed by atoms with Gasteiger partial charge >= 0.3 is 0 Å². The molecule has 0 aromatic heterocycles. The van der Waals surface area contributed by atoms with E-state index in [2.05, 4.69) is 74.7 Å². The van der Waals surface area contributed by atoms with Crippen molar-refractivity contribution in [3.8, 4) is 0 Å². The van der Waals surface area contributed by atoms with Crippen LogP contribution >= 0.6 is 0 Å². The number of hydrogen-bond acceptors (Lipinski definition) is 3. The van der Waals surface area contributed by atoms with Crippen LogP contribution in [0.2, 0.25) is 36.3 Å². The topological polar surface area (TPSA) is 38.7 Å². The zero-order valence-corrected chi connectivity index (χ0v) is 23.8. The fourth-order valence-corrected chi connectivity index (χ4v) is 8.00. The highest BCUT2D eigenvalue weighted by Crippen LogP contribution is 2.73. The molecular formula is C25H50O3Si2. The van der Waals surface area contributed by atoms with Crippen LogP contribution < -0.4 is 0 Å². The first-order chi connectivity index (χ1) is 13.4. The summed E-state index contributed by atoms with van der Waals surface area (Å²) in [6.07, 6.45) is 4.62. The average molecular weight is 455 g/mol. The zero-order chi connectivity index (χ0) is 23.0. The van der Waals surface area contributed by atoms with Crippen molar-refractivity contribution < 1.29 is 14.0 Å². The molecule has 0 aliphatic heterocycles. The third-order valence-electron chi connectivity index (χ3n) is 10.5. The molecular weight excluding hydrogens is 404 g/mol. The highest BCUT2D eigenvalue weighted by atomic mass is 28.4. The summed E-state index contributed by atoms with van der Waals surface area (Å²) in [6, 6.07) is 0. The molecule has 0 unspecified atom stereocenters. The molecule has 5 heteroatoms. The first-order valence-corrected chi connectivity index (χ1v) is 18.2. The largest absolute Gasteiger partial charge is 0.417 e. The van der Waals surface area contributed by atoms with Crippen molar-refractivity contribution in [2.24, 2.45) is 28.6 Å². The van der Waals surface area contributed by atoms with Gasteiger partial charge in [-0.3, -0.25) is 0 Å². The van der Waals surface area contributed by atoms with Crippen LogP contribution in [0.5, 0.6) is 0 Å². The maximum atomic E-state index is 11.4. The van der Waals surface area contributed by atoms with Crippen LogP contribution in [-0.2, 0) is 8.85 Å². The zero-order valence-electron chi connectivity index (χ0n) is 21.8. The summed E-state index contributed by atoms with van der Waals surface area (Å²) in [6.45, 7) is 27.5. The van der Waals surface area contributed by atoms with Crippen molar-refractivity contribution in [3.05, 3.63) is 0 Å². The molecule has 3 saturated carbocycles. The molecule has 0 heterocycles. The van der Waals surface area contributed by atoms with Crippen molar-refractivity contribution in [2.75, 3.05) is 13.2 Å². The van der Waals surface area contributed by atoms with E-state index in [9.17, 15) is 5.11 Å². The molecule has 1 N–H and O–H groups in total. The lowest BCUT2D eigenvalue weighted by Crippen LogP contribution is -2.54.